The lowest BCUT2D eigenvalue weighted by atomic mass is 10.2. The molecule has 2 N–H and O–H groups in total. The summed E-state index contributed by atoms with van der Waals surface area (Å²) in [5.41, 5.74) is 0.886. The van der Waals surface area contributed by atoms with Crippen molar-refractivity contribution in [2.45, 2.75) is 19.4 Å². The number of nitrogens with zero attached hydrogens (tertiary/aromatic N) is 3. The topological polar surface area (TPSA) is 106 Å². The van der Waals surface area contributed by atoms with Gasteiger partial charge in [-0.2, -0.15) is 0 Å². The molecule has 0 spiro atoms. The zero-order chi connectivity index (χ0) is 16.1. The number of rotatable bonds is 6. The first-order valence-electron chi connectivity index (χ1n) is 6.57. The van der Waals surface area contributed by atoms with E-state index in [-0.39, 0.29) is 12.3 Å². The average Bonchev–Trinajstić information content (AvgIpc) is 2.94. The van der Waals surface area contributed by atoms with E-state index in [0.717, 1.165) is 0 Å². The summed E-state index contributed by atoms with van der Waals surface area (Å²) in [6.45, 7) is 1.62. The number of carboxylic acid groups (broad SMARTS) is 1. The minimum absolute atomic E-state index is 0.251. The van der Waals surface area contributed by atoms with Gasteiger partial charge in [-0.05, 0) is 19.1 Å². The van der Waals surface area contributed by atoms with Gasteiger partial charge < -0.3 is 15.2 Å². The SMILES string of the molecule is COc1ccccc1NC(=O)C(C)n1nncc1CC(=O)O. The van der Waals surface area contributed by atoms with E-state index in [0.29, 0.717) is 17.1 Å². The molecule has 0 bridgehead atoms. The summed E-state index contributed by atoms with van der Waals surface area (Å²) in [7, 11) is 1.51. The van der Waals surface area contributed by atoms with Crippen LogP contribution in [-0.2, 0) is 16.0 Å². The van der Waals surface area contributed by atoms with Gasteiger partial charge in [0.05, 0.1) is 31.1 Å². The van der Waals surface area contributed by atoms with Crippen LogP contribution in [0.3, 0.4) is 0 Å². The van der Waals surface area contributed by atoms with Gasteiger partial charge in [-0.1, -0.05) is 17.3 Å². The lowest BCUT2D eigenvalue weighted by Gasteiger charge is -2.15. The minimum atomic E-state index is -1.01. The van der Waals surface area contributed by atoms with Gasteiger partial charge in [0.25, 0.3) is 0 Å². The first-order chi connectivity index (χ1) is 10.5. The fourth-order valence-electron chi connectivity index (χ4n) is 1.97. The van der Waals surface area contributed by atoms with Crippen molar-refractivity contribution in [3.63, 3.8) is 0 Å². The largest absolute Gasteiger partial charge is 0.495 e. The molecule has 1 heterocycles. The molecule has 1 atom stereocenters. The summed E-state index contributed by atoms with van der Waals surface area (Å²) in [6.07, 6.45) is 1.08. The Kier molecular flexibility index (Phi) is 4.72. The smallest absolute Gasteiger partial charge is 0.309 e. The maximum absolute atomic E-state index is 12.3. The number of aromatic nitrogens is 3. The Hall–Kier alpha value is -2.90. The number of ether oxygens (including phenoxy) is 1. The first-order valence-corrected chi connectivity index (χ1v) is 6.57. The molecular formula is C14H16N4O4. The lowest BCUT2D eigenvalue weighted by molar-refractivity contribution is -0.136. The van der Waals surface area contributed by atoms with Crippen LogP contribution >= 0.6 is 0 Å². The van der Waals surface area contributed by atoms with E-state index in [1.807, 2.05) is 0 Å². The van der Waals surface area contributed by atoms with Crippen molar-refractivity contribution >= 4 is 17.6 Å². The van der Waals surface area contributed by atoms with Crippen LogP contribution in [0.25, 0.3) is 0 Å². The summed E-state index contributed by atoms with van der Waals surface area (Å²) < 4.78 is 6.46. The van der Waals surface area contributed by atoms with Gasteiger partial charge >= 0.3 is 5.97 Å². The Labute approximate surface area is 126 Å². The highest BCUT2D eigenvalue weighted by Gasteiger charge is 2.21. The molecule has 0 aliphatic rings. The molecule has 116 valence electrons. The molecule has 1 amide bonds. The monoisotopic (exact) mass is 304 g/mol. The van der Waals surface area contributed by atoms with E-state index in [1.165, 1.54) is 18.0 Å². The fraction of sp³-hybridized carbons (Fsp3) is 0.286. The number of carbonyl (C=O) groups excluding carboxylic acids is 1. The number of methoxy groups -OCH3 is 1. The second-order valence-electron chi connectivity index (χ2n) is 4.61. The molecule has 8 nitrogen and oxygen atoms in total. The lowest BCUT2D eigenvalue weighted by Crippen LogP contribution is -2.26. The number of carbonyl (C=O) groups is 2. The van der Waals surface area contributed by atoms with Crippen LogP contribution in [0, 0.1) is 0 Å². The number of amides is 1. The molecular weight excluding hydrogens is 288 g/mol. The van der Waals surface area contributed by atoms with Crippen molar-refractivity contribution < 1.29 is 19.4 Å². The molecule has 0 aliphatic heterocycles. The number of nitrogens with one attached hydrogen (secondary N) is 1. The third-order valence-electron chi connectivity index (χ3n) is 3.09. The zero-order valence-electron chi connectivity index (χ0n) is 12.2. The van der Waals surface area contributed by atoms with Gasteiger partial charge in [-0.25, -0.2) is 4.68 Å². The second kappa shape index (κ2) is 6.70. The first kappa shape index (κ1) is 15.5. The molecule has 1 aromatic carbocycles. The molecule has 22 heavy (non-hydrogen) atoms. The van der Waals surface area contributed by atoms with Crippen LogP contribution in [0.4, 0.5) is 5.69 Å². The highest BCUT2D eigenvalue weighted by atomic mass is 16.5. The number of carboxylic acids is 1. The van der Waals surface area contributed by atoms with Crippen LogP contribution in [0.5, 0.6) is 5.75 Å². The predicted molar refractivity (Wildman–Crippen MR) is 77.7 cm³/mol. The zero-order valence-corrected chi connectivity index (χ0v) is 12.2. The molecule has 2 aromatic rings. The molecule has 2 rings (SSSR count). The van der Waals surface area contributed by atoms with E-state index >= 15 is 0 Å². The Morgan fingerprint density at radius 2 is 2.14 bits per heavy atom. The summed E-state index contributed by atoms with van der Waals surface area (Å²) in [5, 5.41) is 19.0. The van der Waals surface area contributed by atoms with Gasteiger partial charge in [0.2, 0.25) is 5.91 Å². The Morgan fingerprint density at radius 3 is 2.82 bits per heavy atom. The Bertz CT molecular complexity index is 683. The fourth-order valence-corrected chi connectivity index (χ4v) is 1.97. The van der Waals surface area contributed by atoms with Gasteiger partial charge in [0.1, 0.15) is 11.8 Å². The molecule has 0 fully saturated rings. The Balaban J connectivity index is 2.16. The average molecular weight is 304 g/mol. The number of aliphatic carboxylic acids is 1. The predicted octanol–water partition coefficient (Wildman–Crippen LogP) is 1.11. The summed E-state index contributed by atoms with van der Waals surface area (Å²) in [5.74, 6) is -0.824. The van der Waals surface area contributed by atoms with Crippen molar-refractivity contribution in [1.29, 1.82) is 0 Å². The molecule has 1 unspecified atom stereocenters. The summed E-state index contributed by atoms with van der Waals surface area (Å²) >= 11 is 0. The van der Waals surface area contributed by atoms with E-state index in [4.69, 9.17) is 9.84 Å². The normalized spacial score (nSPS) is 11.7. The summed E-state index contributed by atoms with van der Waals surface area (Å²) in [6, 6.07) is 6.30. The maximum Gasteiger partial charge on any atom is 0.309 e. The Morgan fingerprint density at radius 1 is 1.41 bits per heavy atom. The molecule has 8 heteroatoms. The van der Waals surface area contributed by atoms with Crippen LogP contribution in [0.15, 0.2) is 30.5 Å². The highest BCUT2D eigenvalue weighted by molar-refractivity contribution is 5.94. The minimum Gasteiger partial charge on any atom is -0.495 e. The van der Waals surface area contributed by atoms with E-state index in [9.17, 15) is 9.59 Å². The van der Waals surface area contributed by atoms with Crippen molar-refractivity contribution in [3.8, 4) is 5.75 Å². The van der Waals surface area contributed by atoms with E-state index in [2.05, 4.69) is 15.6 Å². The molecule has 0 saturated heterocycles. The van der Waals surface area contributed by atoms with Crippen LogP contribution in [0.2, 0.25) is 0 Å². The van der Waals surface area contributed by atoms with Crippen molar-refractivity contribution in [1.82, 2.24) is 15.0 Å². The van der Waals surface area contributed by atoms with E-state index < -0.39 is 12.0 Å². The number of hydrogen-bond donors (Lipinski definition) is 2. The highest BCUT2D eigenvalue weighted by Crippen LogP contribution is 2.24. The summed E-state index contributed by atoms with van der Waals surface area (Å²) in [4.78, 5) is 23.1. The standard InChI is InChI=1S/C14H16N4O4/c1-9(18-10(7-13(19)20)8-15-17-18)14(21)16-11-5-3-4-6-12(11)22-2/h3-6,8-9H,7H2,1-2H3,(H,16,21)(H,19,20). The van der Waals surface area contributed by atoms with E-state index in [1.54, 1.807) is 31.2 Å². The number of para-hydroxylation sites is 2. The quantitative estimate of drug-likeness (QED) is 0.828. The van der Waals surface area contributed by atoms with Gasteiger partial charge in [-0.15, -0.1) is 5.10 Å². The third-order valence-corrected chi connectivity index (χ3v) is 3.09. The second-order valence-corrected chi connectivity index (χ2v) is 4.61. The van der Waals surface area contributed by atoms with Crippen LogP contribution in [0.1, 0.15) is 18.7 Å². The maximum atomic E-state index is 12.3. The molecule has 0 radical (unpaired) electrons. The van der Waals surface area contributed by atoms with Crippen molar-refractivity contribution in [2.75, 3.05) is 12.4 Å². The third kappa shape index (κ3) is 3.40. The van der Waals surface area contributed by atoms with Gasteiger partial charge in [-0.3, -0.25) is 9.59 Å². The number of benzene rings is 1. The number of hydrogen-bond acceptors (Lipinski definition) is 5. The molecule has 0 saturated carbocycles. The van der Waals surface area contributed by atoms with Gasteiger partial charge in [0.15, 0.2) is 0 Å². The van der Waals surface area contributed by atoms with Crippen molar-refractivity contribution in [3.05, 3.63) is 36.2 Å². The van der Waals surface area contributed by atoms with Crippen LogP contribution < -0.4 is 10.1 Å². The molecule has 0 aliphatic carbocycles. The molecule has 1 aromatic heterocycles. The van der Waals surface area contributed by atoms with Crippen molar-refractivity contribution in [2.24, 2.45) is 0 Å². The van der Waals surface area contributed by atoms with Gasteiger partial charge in [0, 0.05) is 0 Å². The van der Waals surface area contributed by atoms with Crippen LogP contribution in [-0.4, -0.2) is 39.1 Å². The number of anilines is 1.